The highest BCUT2D eigenvalue weighted by atomic mass is 32.2. The van der Waals surface area contributed by atoms with Crippen molar-refractivity contribution in [3.05, 3.63) is 29.6 Å². The maximum absolute atomic E-state index is 14.1. The number of piperazine rings is 1. The molecule has 1 saturated heterocycles. The molecule has 1 fully saturated rings. The van der Waals surface area contributed by atoms with Crippen LogP contribution >= 0.6 is 0 Å². The van der Waals surface area contributed by atoms with Crippen LogP contribution in [0.4, 0.5) is 10.1 Å². The SMILES string of the molecule is CNCc1cccc(F)c1N1CCN(S(C)(=O)=O)CC1. The average Bonchev–Trinajstić information content (AvgIpc) is 2.38. The highest BCUT2D eigenvalue weighted by Gasteiger charge is 2.25. The van der Waals surface area contributed by atoms with Crippen molar-refractivity contribution in [3.8, 4) is 0 Å². The van der Waals surface area contributed by atoms with E-state index in [4.69, 9.17) is 0 Å². The van der Waals surface area contributed by atoms with E-state index in [-0.39, 0.29) is 5.82 Å². The van der Waals surface area contributed by atoms with E-state index in [1.54, 1.807) is 6.07 Å². The molecule has 0 aromatic heterocycles. The molecule has 0 saturated carbocycles. The monoisotopic (exact) mass is 301 g/mol. The number of hydrogen-bond acceptors (Lipinski definition) is 4. The molecule has 0 unspecified atom stereocenters. The van der Waals surface area contributed by atoms with E-state index in [2.05, 4.69) is 5.32 Å². The summed E-state index contributed by atoms with van der Waals surface area (Å²) in [4.78, 5) is 1.92. The van der Waals surface area contributed by atoms with Crippen molar-refractivity contribution in [2.75, 3.05) is 44.4 Å². The van der Waals surface area contributed by atoms with E-state index >= 15 is 0 Å². The number of sulfonamides is 1. The fourth-order valence-electron chi connectivity index (χ4n) is 2.49. The first-order valence-corrected chi connectivity index (χ1v) is 8.40. The van der Waals surface area contributed by atoms with Crippen LogP contribution in [0.2, 0.25) is 0 Å². The Kier molecular flexibility index (Phi) is 4.62. The predicted molar refractivity (Wildman–Crippen MR) is 77.8 cm³/mol. The Bertz CT molecular complexity index is 569. The zero-order valence-electron chi connectivity index (χ0n) is 11.8. The van der Waals surface area contributed by atoms with Gasteiger partial charge in [0.15, 0.2) is 0 Å². The molecule has 1 aliphatic heterocycles. The van der Waals surface area contributed by atoms with Gasteiger partial charge in [-0.05, 0) is 18.7 Å². The van der Waals surface area contributed by atoms with Crippen molar-refractivity contribution < 1.29 is 12.8 Å². The molecule has 1 aromatic carbocycles. The first-order chi connectivity index (χ1) is 9.43. The molecule has 0 radical (unpaired) electrons. The number of halogens is 1. The van der Waals surface area contributed by atoms with Gasteiger partial charge in [0.25, 0.3) is 0 Å². The fourth-order valence-corrected chi connectivity index (χ4v) is 3.32. The molecular weight excluding hydrogens is 281 g/mol. The molecule has 0 spiro atoms. The lowest BCUT2D eigenvalue weighted by Crippen LogP contribution is -2.48. The Balaban J connectivity index is 2.18. The minimum absolute atomic E-state index is 0.259. The van der Waals surface area contributed by atoms with Gasteiger partial charge in [-0.15, -0.1) is 0 Å². The van der Waals surface area contributed by atoms with Crippen molar-refractivity contribution in [2.45, 2.75) is 6.54 Å². The van der Waals surface area contributed by atoms with Crippen LogP contribution in [-0.4, -0.2) is 52.2 Å². The van der Waals surface area contributed by atoms with Crippen LogP contribution in [0.1, 0.15) is 5.56 Å². The van der Waals surface area contributed by atoms with E-state index in [0.717, 1.165) is 5.56 Å². The largest absolute Gasteiger partial charge is 0.366 e. The lowest BCUT2D eigenvalue weighted by atomic mass is 10.1. The Morgan fingerprint density at radius 2 is 1.90 bits per heavy atom. The normalized spacial score (nSPS) is 17.4. The van der Waals surface area contributed by atoms with Gasteiger partial charge in [0, 0.05) is 32.7 Å². The van der Waals surface area contributed by atoms with Gasteiger partial charge < -0.3 is 10.2 Å². The molecule has 0 aliphatic carbocycles. The Labute approximate surface area is 119 Å². The lowest BCUT2D eigenvalue weighted by Gasteiger charge is -2.35. The molecule has 0 bridgehead atoms. The minimum atomic E-state index is -3.16. The second-order valence-corrected chi connectivity index (χ2v) is 6.91. The number of anilines is 1. The summed E-state index contributed by atoms with van der Waals surface area (Å²) in [5, 5.41) is 3.02. The van der Waals surface area contributed by atoms with Crippen LogP contribution < -0.4 is 10.2 Å². The zero-order chi connectivity index (χ0) is 14.8. The molecule has 0 atom stereocenters. The molecule has 1 aliphatic rings. The Hall–Kier alpha value is -1.18. The third-order valence-corrected chi connectivity index (χ3v) is 4.76. The van der Waals surface area contributed by atoms with E-state index in [9.17, 15) is 12.8 Å². The molecule has 20 heavy (non-hydrogen) atoms. The van der Waals surface area contributed by atoms with Gasteiger partial charge in [0.05, 0.1) is 11.9 Å². The summed E-state index contributed by atoms with van der Waals surface area (Å²) in [6.07, 6.45) is 1.21. The average molecular weight is 301 g/mol. The van der Waals surface area contributed by atoms with Crippen molar-refractivity contribution in [1.29, 1.82) is 0 Å². The standard InChI is InChI=1S/C13H20FN3O2S/c1-15-10-11-4-3-5-12(14)13(11)16-6-8-17(9-7-16)20(2,18)19/h3-5,15H,6-10H2,1-2H3. The number of hydrogen-bond donors (Lipinski definition) is 1. The summed E-state index contributed by atoms with van der Waals surface area (Å²) < 4.78 is 38.5. The fraction of sp³-hybridized carbons (Fsp3) is 0.538. The number of para-hydroxylation sites is 1. The molecule has 0 amide bonds. The molecule has 1 heterocycles. The zero-order valence-corrected chi connectivity index (χ0v) is 12.6. The summed E-state index contributed by atoms with van der Waals surface area (Å²) in [5.74, 6) is -0.259. The molecule has 1 N–H and O–H groups in total. The van der Waals surface area contributed by atoms with Crippen molar-refractivity contribution in [2.24, 2.45) is 0 Å². The van der Waals surface area contributed by atoms with Crippen LogP contribution in [0.15, 0.2) is 18.2 Å². The van der Waals surface area contributed by atoms with Crippen LogP contribution in [0, 0.1) is 5.82 Å². The summed E-state index contributed by atoms with van der Waals surface area (Å²) in [5.41, 5.74) is 1.47. The van der Waals surface area contributed by atoms with Gasteiger partial charge in [0.1, 0.15) is 5.82 Å². The third-order valence-electron chi connectivity index (χ3n) is 3.46. The van der Waals surface area contributed by atoms with E-state index in [0.29, 0.717) is 38.4 Å². The van der Waals surface area contributed by atoms with E-state index in [1.165, 1.54) is 16.6 Å². The Morgan fingerprint density at radius 3 is 2.45 bits per heavy atom. The quantitative estimate of drug-likeness (QED) is 0.886. The topological polar surface area (TPSA) is 52.6 Å². The summed E-state index contributed by atoms with van der Waals surface area (Å²) in [6, 6.07) is 5.02. The first-order valence-electron chi connectivity index (χ1n) is 6.55. The van der Waals surface area contributed by atoms with Crippen LogP contribution in [0.3, 0.4) is 0 Å². The maximum atomic E-state index is 14.1. The first kappa shape index (κ1) is 15.2. The lowest BCUT2D eigenvalue weighted by molar-refractivity contribution is 0.386. The van der Waals surface area contributed by atoms with Gasteiger partial charge >= 0.3 is 0 Å². The molecule has 2 rings (SSSR count). The third kappa shape index (κ3) is 3.28. The van der Waals surface area contributed by atoms with E-state index in [1.807, 2.05) is 18.0 Å². The van der Waals surface area contributed by atoms with Gasteiger partial charge in [-0.1, -0.05) is 12.1 Å². The van der Waals surface area contributed by atoms with Crippen LogP contribution in [0.5, 0.6) is 0 Å². The van der Waals surface area contributed by atoms with Gasteiger partial charge in [0.2, 0.25) is 10.0 Å². The van der Waals surface area contributed by atoms with Crippen LogP contribution in [-0.2, 0) is 16.6 Å². The minimum Gasteiger partial charge on any atom is -0.366 e. The summed E-state index contributed by atoms with van der Waals surface area (Å²) >= 11 is 0. The number of benzene rings is 1. The highest BCUT2D eigenvalue weighted by Crippen LogP contribution is 2.26. The van der Waals surface area contributed by atoms with E-state index < -0.39 is 10.0 Å². The second-order valence-electron chi connectivity index (χ2n) is 4.93. The van der Waals surface area contributed by atoms with Crippen molar-refractivity contribution in [3.63, 3.8) is 0 Å². The summed E-state index contributed by atoms with van der Waals surface area (Å²) in [6.45, 7) is 2.38. The smallest absolute Gasteiger partial charge is 0.211 e. The van der Waals surface area contributed by atoms with Crippen molar-refractivity contribution >= 4 is 15.7 Å². The molecular formula is C13H20FN3O2S. The van der Waals surface area contributed by atoms with Gasteiger partial charge in [-0.3, -0.25) is 0 Å². The molecule has 112 valence electrons. The van der Waals surface area contributed by atoms with Crippen LogP contribution in [0.25, 0.3) is 0 Å². The summed E-state index contributed by atoms with van der Waals surface area (Å²) in [7, 11) is -1.35. The number of nitrogens with zero attached hydrogens (tertiary/aromatic N) is 2. The molecule has 7 heteroatoms. The van der Waals surface area contributed by atoms with Crippen molar-refractivity contribution in [1.82, 2.24) is 9.62 Å². The highest BCUT2D eigenvalue weighted by molar-refractivity contribution is 7.88. The predicted octanol–water partition coefficient (Wildman–Crippen LogP) is 0.627. The van der Waals surface area contributed by atoms with Gasteiger partial charge in [-0.25, -0.2) is 12.8 Å². The maximum Gasteiger partial charge on any atom is 0.211 e. The Morgan fingerprint density at radius 1 is 1.25 bits per heavy atom. The number of nitrogens with one attached hydrogen (secondary N) is 1. The van der Waals surface area contributed by atoms with Gasteiger partial charge in [-0.2, -0.15) is 4.31 Å². The number of rotatable bonds is 4. The molecule has 5 nitrogen and oxygen atoms in total. The second kappa shape index (κ2) is 6.07. The molecule has 1 aromatic rings.